The number of hydrogen-bond donors (Lipinski definition) is 0. The molecule has 4 rings (SSSR count). The Labute approximate surface area is 157 Å². The molecule has 1 aliphatic rings. The number of likely N-dealkylation sites (tertiary alicyclic amines) is 1. The van der Waals surface area contributed by atoms with Crippen LogP contribution >= 0.6 is 23.8 Å². The summed E-state index contributed by atoms with van der Waals surface area (Å²) in [5.41, 5.74) is 2.02. The molecule has 0 spiro atoms. The third-order valence-electron chi connectivity index (χ3n) is 4.49. The van der Waals surface area contributed by atoms with Gasteiger partial charge in [-0.1, -0.05) is 29.8 Å². The zero-order valence-electron chi connectivity index (χ0n) is 13.8. The summed E-state index contributed by atoms with van der Waals surface area (Å²) in [6.45, 7) is 2.95. The van der Waals surface area contributed by atoms with Crippen molar-refractivity contribution in [1.29, 1.82) is 0 Å². The first kappa shape index (κ1) is 16.5. The van der Waals surface area contributed by atoms with Crippen LogP contribution in [0.25, 0.3) is 17.1 Å². The number of para-hydroxylation sites is 1. The first-order chi connectivity index (χ1) is 12.2. The summed E-state index contributed by atoms with van der Waals surface area (Å²) in [6.07, 6.45) is 2.49. The maximum Gasteiger partial charge on any atom is 0.204 e. The van der Waals surface area contributed by atoms with Gasteiger partial charge in [-0.25, -0.2) is 4.68 Å². The minimum Gasteiger partial charge on any atom is -0.284 e. The normalized spacial score (nSPS) is 14.9. The monoisotopic (exact) mass is 370 g/mol. The van der Waals surface area contributed by atoms with Crippen LogP contribution in [0, 0.1) is 4.77 Å². The van der Waals surface area contributed by atoms with E-state index in [2.05, 4.69) is 17.0 Å². The zero-order valence-corrected chi connectivity index (χ0v) is 15.4. The lowest BCUT2D eigenvalue weighted by molar-refractivity contribution is 0.253. The maximum absolute atomic E-state index is 6.05. The van der Waals surface area contributed by atoms with E-state index in [1.807, 2.05) is 51.7 Å². The van der Waals surface area contributed by atoms with Crippen LogP contribution in [-0.4, -0.2) is 32.3 Å². The molecule has 0 bridgehead atoms. The molecule has 0 unspecified atom stereocenters. The fourth-order valence-electron chi connectivity index (χ4n) is 3.21. The molecule has 0 amide bonds. The first-order valence-corrected chi connectivity index (χ1v) is 9.24. The summed E-state index contributed by atoms with van der Waals surface area (Å²) < 4.78 is 4.68. The van der Waals surface area contributed by atoms with Crippen LogP contribution in [0.2, 0.25) is 5.02 Å². The molecular formula is C19H19ClN4S. The topological polar surface area (TPSA) is 26.0 Å². The van der Waals surface area contributed by atoms with Gasteiger partial charge in [-0.2, -0.15) is 0 Å². The Kier molecular flexibility index (Phi) is 4.70. The largest absolute Gasteiger partial charge is 0.284 e. The fraction of sp³-hybridized carbons (Fsp3) is 0.263. The number of hydrogen-bond acceptors (Lipinski definition) is 3. The molecule has 1 fully saturated rings. The second-order valence-corrected chi connectivity index (χ2v) is 7.05. The Balaban J connectivity index is 1.83. The van der Waals surface area contributed by atoms with Gasteiger partial charge in [0.1, 0.15) is 0 Å². The molecule has 4 nitrogen and oxygen atoms in total. The Morgan fingerprint density at radius 1 is 0.960 bits per heavy atom. The van der Waals surface area contributed by atoms with Crippen LogP contribution in [0.4, 0.5) is 0 Å². The minimum atomic E-state index is 0.711. The van der Waals surface area contributed by atoms with Crippen molar-refractivity contribution in [3.8, 4) is 17.1 Å². The average molecular weight is 371 g/mol. The smallest absolute Gasteiger partial charge is 0.204 e. The molecule has 128 valence electrons. The van der Waals surface area contributed by atoms with Gasteiger partial charge in [-0.3, -0.25) is 9.47 Å². The molecule has 2 aromatic carbocycles. The molecule has 1 saturated heterocycles. The zero-order chi connectivity index (χ0) is 17.2. The first-order valence-electron chi connectivity index (χ1n) is 8.46. The van der Waals surface area contributed by atoms with Crippen LogP contribution in [-0.2, 0) is 6.67 Å². The Hall–Kier alpha value is -1.95. The van der Waals surface area contributed by atoms with E-state index in [0.29, 0.717) is 9.79 Å². The van der Waals surface area contributed by atoms with Crippen molar-refractivity contribution in [1.82, 2.24) is 19.2 Å². The van der Waals surface area contributed by atoms with E-state index in [4.69, 9.17) is 28.9 Å². The van der Waals surface area contributed by atoms with E-state index in [9.17, 15) is 0 Å². The predicted octanol–water partition coefficient (Wildman–Crippen LogP) is 4.78. The third kappa shape index (κ3) is 3.40. The van der Waals surface area contributed by atoms with E-state index in [-0.39, 0.29) is 0 Å². The van der Waals surface area contributed by atoms with Gasteiger partial charge < -0.3 is 0 Å². The molecule has 0 aliphatic carbocycles. The van der Waals surface area contributed by atoms with Gasteiger partial charge in [0.15, 0.2) is 5.82 Å². The molecular weight excluding hydrogens is 352 g/mol. The summed E-state index contributed by atoms with van der Waals surface area (Å²) >= 11 is 11.8. The number of rotatable bonds is 4. The molecule has 2 heterocycles. The average Bonchev–Trinajstić information content (AvgIpc) is 3.25. The Morgan fingerprint density at radius 3 is 2.32 bits per heavy atom. The molecule has 0 N–H and O–H groups in total. The fourth-order valence-corrected chi connectivity index (χ4v) is 3.63. The molecule has 1 aliphatic heterocycles. The highest BCUT2D eigenvalue weighted by atomic mass is 35.5. The summed E-state index contributed by atoms with van der Waals surface area (Å²) in [6, 6.07) is 17.9. The Morgan fingerprint density at radius 2 is 1.64 bits per heavy atom. The van der Waals surface area contributed by atoms with Gasteiger partial charge in [-0.05, 0) is 74.5 Å². The lowest BCUT2D eigenvalue weighted by Crippen LogP contribution is -2.23. The summed E-state index contributed by atoms with van der Waals surface area (Å²) in [5.74, 6) is 0.840. The van der Waals surface area contributed by atoms with E-state index in [1.165, 1.54) is 12.8 Å². The van der Waals surface area contributed by atoms with Crippen molar-refractivity contribution < 1.29 is 0 Å². The molecule has 0 atom stereocenters. The second kappa shape index (κ2) is 7.12. The molecule has 6 heteroatoms. The van der Waals surface area contributed by atoms with Gasteiger partial charge in [0.25, 0.3) is 0 Å². The van der Waals surface area contributed by atoms with E-state index in [1.54, 1.807) is 0 Å². The van der Waals surface area contributed by atoms with Crippen molar-refractivity contribution in [3.63, 3.8) is 0 Å². The molecule has 25 heavy (non-hydrogen) atoms. The van der Waals surface area contributed by atoms with E-state index in [0.717, 1.165) is 36.8 Å². The van der Waals surface area contributed by atoms with E-state index < -0.39 is 0 Å². The van der Waals surface area contributed by atoms with Crippen molar-refractivity contribution in [3.05, 3.63) is 64.4 Å². The second-order valence-electron chi connectivity index (χ2n) is 6.25. The van der Waals surface area contributed by atoms with Crippen molar-refractivity contribution in [2.45, 2.75) is 19.5 Å². The van der Waals surface area contributed by atoms with Gasteiger partial charge in [0, 0.05) is 16.3 Å². The minimum absolute atomic E-state index is 0.711. The molecule has 0 saturated carbocycles. The molecule has 1 aromatic heterocycles. The van der Waals surface area contributed by atoms with Gasteiger partial charge in [0.2, 0.25) is 4.77 Å². The van der Waals surface area contributed by atoms with Crippen LogP contribution in [0.3, 0.4) is 0 Å². The van der Waals surface area contributed by atoms with Crippen LogP contribution in [0.1, 0.15) is 12.8 Å². The predicted molar refractivity (Wildman–Crippen MR) is 104 cm³/mol. The van der Waals surface area contributed by atoms with Crippen molar-refractivity contribution in [2.75, 3.05) is 13.1 Å². The van der Waals surface area contributed by atoms with Gasteiger partial charge in [-0.15, -0.1) is 5.10 Å². The Bertz CT molecular complexity index is 909. The number of benzene rings is 2. The summed E-state index contributed by atoms with van der Waals surface area (Å²) in [4.78, 5) is 2.39. The highest BCUT2D eigenvalue weighted by Crippen LogP contribution is 2.24. The highest BCUT2D eigenvalue weighted by Gasteiger charge is 2.18. The van der Waals surface area contributed by atoms with Gasteiger partial charge >= 0.3 is 0 Å². The van der Waals surface area contributed by atoms with Crippen molar-refractivity contribution >= 4 is 23.8 Å². The van der Waals surface area contributed by atoms with Crippen LogP contribution < -0.4 is 0 Å². The van der Waals surface area contributed by atoms with Crippen molar-refractivity contribution in [2.24, 2.45) is 0 Å². The third-order valence-corrected chi connectivity index (χ3v) is 5.13. The van der Waals surface area contributed by atoms with Crippen LogP contribution in [0.5, 0.6) is 0 Å². The molecule has 3 aromatic rings. The number of halogens is 1. The number of nitrogens with zero attached hydrogens (tertiary/aromatic N) is 4. The SMILES string of the molecule is S=c1n(CN2CCCC2)nc(-c2ccc(Cl)cc2)n1-c1ccccc1. The number of aromatic nitrogens is 3. The maximum atomic E-state index is 6.05. The summed E-state index contributed by atoms with van der Waals surface area (Å²) in [5, 5.41) is 5.55. The quantitative estimate of drug-likeness (QED) is 0.618. The summed E-state index contributed by atoms with van der Waals surface area (Å²) in [7, 11) is 0. The molecule has 0 radical (unpaired) electrons. The standard InChI is InChI=1S/C19H19ClN4S/c20-16-10-8-15(9-11-16)18-21-23(14-22-12-4-5-13-22)19(25)24(18)17-6-2-1-3-7-17/h1-3,6-11H,4-5,12-14H2. The lowest BCUT2D eigenvalue weighted by atomic mass is 10.2. The van der Waals surface area contributed by atoms with Gasteiger partial charge in [0.05, 0.1) is 6.67 Å². The highest BCUT2D eigenvalue weighted by molar-refractivity contribution is 7.71. The van der Waals surface area contributed by atoms with E-state index >= 15 is 0 Å². The van der Waals surface area contributed by atoms with Crippen LogP contribution in [0.15, 0.2) is 54.6 Å². The lowest BCUT2D eigenvalue weighted by Gasteiger charge is -2.13.